The molecule has 9 heteroatoms. The van der Waals surface area contributed by atoms with E-state index in [9.17, 15) is 20.2 Å². The van der Waals surface area contributed by atoms with E-state index < -0.39 is 10.8 Å². The SMILES string of the molecule is CCN(CC)c1ccc(N/C=C(/C#N)C(=O)Nc2cc([N+](=O)[O-])ccc2Cl)cc1. The summed E-state index contributed by atoms with van der Waals surface area (Å²) in [7, 11) is 0. The Morgan fingerprint density at radius 3 is 2.45 bits per heavy atom. The molecule has 0 saturated heterocycles. The van der Waals surface area contributed by atoms with E-state index in [0.717, 1.165) is 24.8 Å². The van der Waals surface area contributed by atoms with Crippen LogP contribution in [0.5, 0.6) is 0 Å². The van der Waals surface area contributed by atoms with Gasteiger partial charge in [-0.1, -0.05) is 11.6 Å². The second-order valence-corrected chi connectivity index (χ2v) is 6.32. The monoisotopic (exact) mass is 413 g/mol. The minimum absolute atomic E-state index is 0.0515. The number of rotatable bonds is 8. The van der Waals surface area contributed by atoms with Crippen LogP contribution in [0.25, 0.3) is 0 Å². The molecule has 2 rings (SSSR count). The average Bonchev–Trinajstić information content (AvgIpc) is 2.72. The lowest BCUT2D eigenvalue weighted by atomic mass is 10.2. The number of amides is 1. The number of nitro benzene ring substituents is 1. The third-order valence-electron chi connectivity index (χ3n) is 4.15. The predicted molar refractivity (Wildman–Crippen MR) is 114 cm³/mol. The number of benzene rings is 2. The van der Waals surface area contributed by atoms with Crippen LogP contribution in [0.2, 0.25) is 5.02 Å². The van der Waals surface area contributed by atoms with Crippen molar-refractivity contribution in [3.8, 4) is 6.07 Å². The Balaban J connectivity index is 2.12. The van der Waals surface area contributed by atoms with Crippen LogP contribution in [0, 0.1) is 21.4 Å². The zero-order valence-electron chi connectivity index (χ0n) is 16.0. The minimum Gasteiger partial charge on any atom is -0.372 e. The van der Waals surface area contributed by atoms with E-state index in [0.29, 0.717) is 5.69 Å². The van der Waals surface area contributed by atoms with Gasteiger partial charge in [0, 0.05) is 42.8 Å². The van der Waals surface area contributed by atoms with Crippen molar-refractivity contribution in [2.45, 2.75) is 13.8 Å². The van der Waals surface area contributed by atoms with Gasteiger partial charge in [0.15, 0.2) is 0 Å². The highest BCUT2D eigenvalue weighted by Gasteiger charge is 2.15. The molecular weight excluding hydrogens is 394 g/mol. The van der Waals surface area contributed by atoms with Gasteiger partial charge in [-0.2, -0.15) is 5.26 Å². The molecule has 0 unspecified atom stereocenters. The molecule has 0 heterocycles. The van der Waals surface area contributed by atoms with Gasteiger partial charge in [0.1, 0.15) is 11.6 Å². The molecule has 8 nitrogen and oxygen atoms in total. The maximum atomic E-state index is 12.3. The summed E-state index contributed by atoms with van der Waals surface area (Å²) >= 11 is 5.97. The molecule has 1 amide bonds. The van der Waals surface area contributed by atoms with E-state index in [4.69, 9.17) is 11.6 Å². The summed E-state index contributed by atoms with van der Waals surface area (Å²) in [5.41, 5.74) is 1.40. The standard InChI is InChI=1S/C20H20ClN5O3/c1-3-25(4-2)16-7-5-15(6-8-16)23-13-14(12-22)20(27)24-19-11-17(26(28)29)9-10-18(19)21/h5-11,13,23H,3-4H2,1-2H3,(H,24,27)/b14-13-. The fourth-order valence-corrected chi connectivity index (χ4v) is 2.74. The van der Waals surface area contributed by atoms with Crippen LogP contribution in [0.15, 0.2) is 54.2 Å². The molecule has 0 aliphatic heterocycles. The first-order valence-corrected chi connectivity index (χ1v) is 9.24. The van der Waals surface area contributed by atoms with Crippen molar-refractivity contribution in [1.82, 2.24) is 0 Å². The molecule has 2 aromatic carbocycles. The van der Waals surface area contributed by atoms with Gasteiger partial charge in [-0.05, 0) is 44.2 Å². The van der Waals surface area contributed by atoms with Gasteiger partial charge in [-0.3, -0.25) is 14.9 Å². The third kappa shape index (κ3) is 5.70. The molecular formula is C20H20ClN5O3. The smallest absolute Gasteiger partial charge is 0.271 e. The fourth-order valence-electron chi connectivity index (χ4n) is 2.57. The highest BCUT2D eigenvalue weighted by Crippen LogP contribution is 2.27. The second-order valence-electron chi connectivity index (χ2n) is 5.91. The lowest BCUT2D eigenvalue weighted by molar-refractivity contribution is -0.384. The van der Waals surface area contributed by atoms with Crippen molar-refractivity contribution in [3.63, 3.8) is 0 Å². The average molecular weight is 414 g/mol. The molecule has 150 valence electrons. The van der Waals surface area contributed by atoms with Crippen molar-refractivity contribution in [2.75, 3.05) is 28.6 Å². The van der Waals surface area contributed by atoms with Crippen LogP contribution in [-0.4, -0.2) is 23.9 Å². The summed E-state index contributed by atoms with van der Waals surface area (Å²) in [6, 6.07) is 13.0. The van der Waals surface area contributed by atoms with Crippen molar-refractivity contribution < 1.29 is 9.72 Å². The Bertz CT molecular complexity index is 963. The normalized spacial score (nSPS) is 10.8. The van der Waals surface area contributed by atoms with Gasteiger partial charge >= 0.3 is 0 Å². The Kier molecular flexibility index (Phi) is 7.57. The number of carbonyl (C=O) groups is 1. The van der Waals surface area contributed by atoms with Gasteiger partial charge in [0.25, 0.3) is 11.6 Å². The molecule has 2 aromatic rings. The highest BCUT2D eigenvalue weighted by atomic mass is 35.5. The summed E-state index contributed by atoms with van der Waals surface area (Å²) < 4.78 is 0. The lowest BCUT2D eigenvalue weighted by Gasteiger charge is -2.21. The maximum absolute atomic E-state index is 12.3. The molecule has 0 fully saturated rings. The zero-order valence-corrected chi connectivity index (χ0v) is 16.7. The number of carbonyl (C=O) groups excluding carboxylic acids is 1. The van der Waals surface area contributed by atoms with E-state index in [1.165, 1.54) is 18.3 Å². The topological polar surface area (TPSA) is 111 Å². The van der Waals surface area contributed by atoms with Gasteiger partial charge in [0.05, 0.1) is 15.6 Å². The molecule has 0 aliphatic rings. The quantitative estimate of drug-likeness (QED) is 0.284. The van der Waals surface area contributed by atoms with Crippen LogP contribution in [0.4, 0.5) is 22.7 Å². The van der Waals surface area contributed by atoms with Crippen LogP contribution >= 0.6 is 11.6 Å². The van der Waals surface area contributed by atoms with Crippen molar-refractivity contribution >= 4 is 40.3 Å². The second kappa shape index (κ2) is 10.1. The molecule has 0 saturated carbocycles. The van der Waals surface area contributed by atoms with Gasteiger partial charge in [-0.25, -0.2) is 0 Å². The molecule has 0 bridgehead atoms. The van der Waals surface area contributed by atoms with E-state index in [1.54, 1.807) is 6.07 Å². The first-order valence-electron chi connectivity index (χ1n) is 8.86. The number of nitrogens with one attached hydrogen (secondary N) is 2. The number of hydrogen-bond donors (Lipinski definition) is 2. The summed E-state index contributed by atoms with van der Waals surface area (Å²) in [6.45, 7) is 5.93. The summed E-state index contributed by atoms with van der Waals surface area (Å²) in [5, 5.41) is 25.6. The zero-order chi connectivity index (χ0) is 21.4. The maximum Gasteiger partial charge on any atom is 0.271 e. The Hall–Kier alpha value is -3.57. The first kappa shape index (κ1) is 21.7. The molecule has 0 radical (unpaired) electrons. The molecule has 0 atom stereocenters. The number of anilines is 3. The summed E-state index contributed by atoms with van der Waals surface area (Å²) in [6.07, 6.45) is 1.27. The van der Waals surface area contributed by atoms with Crippen LogP contribution < -0.4 is 15.5 Å². The number of nitro groups is 1. The summed E-state index contributed by atoms with van der Waals surface area (Å²) in [5.74, 6) is -0.734. The molecule has 2 N–H and O–H groups in total. The van der Waals surface area contributed by atoms with Crippen molar-refractivity contribution in [1.29, 1.82) is 5.26 Å². The van der Waals surface area contributed by atoms with E-state index in [-0.39, 0.29) is 22.0 Å². The van der Waals surface area contributed by atoms with Gasteiger partial charge < -0.3 is 15.5 Å². The molecule has 0 spiro atoms. The van der Waals surface area contributed by atoms with Crippen molar-refractivity contribution in [2.24, 2.45) is 0 Å². The van der Waals surface area contributed by atoms with Crippen LogP contribution in [0.3, 0.4) is 0 Å². The lowest BCUT2D eigenvalue weighted by Crippen LogP contribution is -2.21. The molecule has 0 aliphatic carbocycles. The molecule has 0 aromatic heterocycles. The Labute approximate surface area is 173 Å². The summed E-state index contributed by atoms with van der Waals surface area (Å²) in [4.78, 5) is 24.8. The van der Waals surface area contributed by atoms with Gasteiger partial charge in [-0.15, -0.1) is 0 Å². The fraction of sp³-hybridized carbons (Fsp3) is 0.200. The third-order valence-corrected chi connectivity index (χ3v) is 4.48. The first-order chi connectivity index (χ1) is 13.9. The highest BCUT2D eigenvalue weighted by molar-refractivity contribution is 6.34. The van der Waals surface area contributed by atoms with Gasteiger partial charge in [0.2, 0.25) is 0 Å². The van der Waals surface area contributed by atoms with E-state index in [2.05, 4.69) is 29.4 Å². The number of non-ortho nitro benzene ring substituents is 1. The number of hydrogen-bond acceptors (Lipinski definition) is 6. The van der Waals surface area contributed by atoms with Crippen LogP contribution in [-0.2, 0) is 4.79 Å². The van der Waals surface area contributed by atoms with E-state index in [1.807, 2.05) is 24.3 Å². The van der Waals surface area contributed by atoms with Crippen molar-refractivity contribution in [3.05, 3.63) is 69.4 Å². The Morgan fingerprint density at radius 2 is 1.90 bits per heavy atom. The number of halogens is 1. The Morgan fingerprint density at radius 1 is 1.24 bits per heavy atom. The van der Waals surface area contributed by atoms with E-state index >= 15 is 0 Å². The molecule has 29 heavy (non-hydrogen) atoms. The number of nitriles is 1. The largest absolute Gasteiger partial charge is 0.372 e. The predicted octanol–water partition coefficient (Wildman–Crippen LogP) is 4.55. The van der Waals surface area contributed by atoms with Crippen LogP contribution in [0.1, 0.15) is 13.8 Å². The minimum atomic E-state index is -0.734. The number of nitrogens with zero attached hydrogens (tertiary/aromatic N) is 3.